The molecule has 0 aromatic rings. The van der Waals surface area contributed by atoms with Gasteiger partial charge in [-0.3, -0.25) is 4.79 Å². The Morgan fingerprint density at radius 2 is 1.89 bits per heavy atom. The second kappa shape index (κ2) is 3.92. The van der Waals surface area contributed by atoms with Gasteiger partial charge in [0.2, 0.25) is 0 Å². The highest BCUT2D eigenvalue weighted by atomic mass is 19.1. The predicted molar refractivity (Wildman–Crippen MR) is 68.0 cm³/mol. The molecule has 0 aromatic heterocycles. The van der Waals surface area contributed by atoms with Gasteiger partial charge in [0.15, 0.2) is 5.67 Å². The average Bonchev–Trinajstić information content (AvgIpc) is 2.85. The predicted octanol–water partition coefficient (Wildman–Crippen LogP) is 1.68. The molecular weight excluding hydrogens is 231 g/mol. The maximum atomic E-state index is 13.7. The number of hydrogen-bond acceptors (Lipinski definition) is 2. The smallest absolute Gasteiger partial charge is 0.260 e. The van der Waals surface area contributed by atoms with Gasteiger partial charge in [0.05, 0.1) is 0 Å². The molecule has 2 saturated heterocycles. The van der Waals surface area contributed by atoms with E-state index < -0.39 is 5.67 Å². The molecule has 0 bridgehead atoms. The van der Waals surface area contributed by atoms with E-state index in [0.717, 1.165) is 32.7 Å². The molecule has 3 nitrogen and oxygen atoms in total. The number of carbonyl (C=O) groups is 1. The lowest BCUT2D eigenvalue weighted by Gasteiger charge is -2.48. The Balaban J connectivity index is 1.51. The summed E-state index contributed by atoms with van der Waals surface area (Å²) in [6.45, 7) is 9.42. The van der Waals surface area contributed by atoms with Crippen molar-refractivity contribution in [2.45, 2.75) is 38.8 Å². The summed E-state index contributed by atoms with van der Waals surface area (Å²) in [7, 11) is 0. The summed E-state index contributed by atoms with van der Waals surface area (Å²) in [6, 6.07) is 0. The Kier molecular flexibility index (Phi) is 2.70. The SMILES string of the molecule is CC(C)CN1CCC2(C1)CN(C(=O)C1(F)CC1)C2. The third kappa shape index (κ3) is 2.04. The number of carbonyl (C=O) groups excluding carboxylic acids is 1. The standard InChI is InChI=1S/C14H23FN2O/c1-11(2)7-16-6-5-13(8-16)9-17(10-13)12(18)14(15)3-4-14/h11H,3-10H2,1-2H3. The fourth-order valence-electron chi connectivity index (χ4n) is 3.47. The molecule has 0 unspecified atom stereocenters. The van der Waals surface area contributed by atoms with Crippen molar-refractivity contribution in [1.82, 2.24) is 9.80 Å². The lowest BCUT2D eigenvalue weighted by atomic mass is 9.78. The highest BCUT2D eigenvalue weighted by Crippen LogP contribution is 2.46. The number of hydrogen-bond donors (Lipinski definition) is 0. The Morgan fingerprint density at radius 1 is 1.22 bits per heavy atom. The van der Waals surface area contributed by atoms with E-state index in [1.165, 1.54) is 6.42 Å². The minimum atomic E-state index is -1.47. The normalized spacial score (nSPS) is 28.8. The first-order valence-electron chi connectivity index (χ1n) is 7.13. The van der Waals surface area contributed by atoms with Gasteiger partial charge in [-0.15, -0.1) is 0 Å². The van der Waals surface area contributed by atoms with E-state index in [1.54, 1.807) is 4.90 Å². The summed E-state index contributed by atoms with van der Waals surface area (Å²) in [5.41, 5.74) is -1.19. The number of amides is 1. The van der Waals surface area contributed by atoms with Crippen LogP contribution in [-0.2, 0) is 4.79 Å². The molecule has 0 radical (unpaired) electrons. The summed E-state index contributed by atoms with van der Waals surface area (Å²) in [6.07, 6.45) is 2.05. The van der Waals surface area contributed by atoms with Crippen LogP contribution < -0.4 is 0 Å². The van der Waals surface area contributed by atoms with Gasteiger partial charge < -0.3 is 9.80 Å². The third-order valence-electron chi connectivity index (χ3n) is 4.55. The molecular formula is C14H23FN2O. The van der Waals surface area contributed by atoms with Gasteiger partial charge in [0.25, 0.3) is 5.91 Å². The minimum absolute atomic E-state index is 0.240. The van der Waals surface area contributed by atoms with Crippen molar-refractivity contribution in [3.8, 4) is 0 Å². The van der Waals surface area contributed by atoms with Crippen molar-refractivity contribution in [3.05, 3.63) is 0 Å². The highest BCUT2D eigenvalue weighted by Gasteiger charge is 2.58. The van der Waals surface area contributed by atoms with Crippen molar-refractivity contribution >= 4 is 5.91 Å². The minimum Gasteiger partial charge on any atom is -0.339 e. The van der Waals surface area contributed by atoms with Crippen molar-refractivity contribution in [2.75, 3.05) is 32.7 Å². The molecule has 1 saturated carbocycles. The van der Waals surface area contributed by atoms with Crippen LogP contribution in [0.15, 0.2) is 0 Å². The summed E-state index contributed by atoms with van der Waals surface area (Å²) in [5.74, 6) is 0.453. The van der Waals surface area contributed by atoms with Gasteiger partial charge >= 0.3 is 0 Å². The van der Waals surface area contributed by atoms with Crippen LogP contribution in [0.2, 0.25) is 0 Å². The molecule has 2 aliphatic heterocycles. The van der Waals surface area contributed by atoms with E-state index in [4.69, 9.17) is 0 Å². The van der Waals surface area contributed by atoms with Crippen LogP contribution in [0.25, 0.3) is 0 Å². The maximum Gasteiger partial charge on any atom is 0.260 e. The van der Waals surface area contributed by atoms with Gasteiger partial charge in [-0.1, -0.05) is 13.8 Å². The summed E-state index contributed by atoms with van der Waals surface area (Å²) >= 11 is 0. The fourth-order valence-corrected chi connectivity index (χ4v) is 3.47. The number of halogens is 1. The molecule has 1 aliphatic carbocycles. The molecule has 102 valence electrons. The van der Waals surface area contributed by atoms with E-state index in [2.05, 4.69) is 18.7 Å². The van der Waals surface area contributed by atoms with Gasteiger partial charge in [-0.2, -0.15) is 0 Å². The molecule has 1 spiro atoms. The molecule has 0 aromatic carbocycles. The summed E-state index contributed by atoms with van der Waals surface area (Å²) < 4.78 is 13.7. The molecule has 0 N–H and O–H groups in total. The molecule has 3 rings (SSSR count). The van der Waals surface area contributed by atoms with Crippen molar-refractivity contribution in [3.63, 3.8) is 0 Å². The number of likely N-dealkylation sites (tertiary alicyclic amines) is 2. The van der Waals surface area contributed by atoms with Gasteiger partial charge in [-0.05, 0) is 31.7 Å². The quantitative estimate of drug-likeness (QED) is 0.765. The van der Waals surface area contributed by atoms with Crippen LogP contribution in [0.5, 0.6) is 0 Å². The topological polar surface area (TPSA) is 23.6 Å². The molecule has 3 fully saturated rings. The molecule has 18 heavy (non-hydrogen) atoms. The molecule has 1 amide bonds. The van der Waals surface area contributed by atoms with E-state index in [1.807, 2.05) is 0 Å². The van der Waals surface area contributed by atoms with Gasteiger partial charge in [0.1, 0.15) is 0 Å². The molecule has 2 heterocycles. The Morgan fingerprint density at radius 3 is 2.44 bits per heavy atom. The molecule has 3 aliphatic rings. The van der Waals surface area contributed by atoms with E-state index in [0.29, 0.717) is 18.8 Å². The van der Waals surface area contributed by atoms with Crippen molar-refractivity contribution < 1.29 is 9.18 Å². The zero-order valence-electron chi connectivity index (χ0n) is 11.4. The van der Waals surface area contributed by atoms with Gasteiger partial charge in [-0.25, -0.2) is 4.39 Å². The second-order valence-corrected chi connectivity index (χ2v) is 7.01. The van der Waals surface area contributed by atoms with E-state index in [9.17, 15) is 9.18 Å². The first-order valence-corrected chi connectivity index (χ1v) is 7.13. The van der Waals surface area contributed by atoms with Crippen LogP contribution >= 0.6 is 0 Å². The second-order valence-electron chi connectivity index (χ2n) is 7.01. The van der Waals surface area contributed by atoms with Crippen molar-refractivity contribution in [2.24, 2.45) is 11.3 Å². The zero-order valence-corrected chi connectivity index (χ0v) is 11.4. The van der Waals surface area contributed by atoms with Crippen LogP contribution in [0.3, 0.4) is 0 Å². The number of nitrogens with zero attached hydrogens (tertiary/aromatic N) is 2. The number of rotatable bonds is 3. The van der Waals surface area contributed by atoms with Crippen LogP contribution in [0.1, 0.15) is 33.1 Å². The lowest BCUT2D eigenvalue weighted by Crippen LogP contribution is -2.61. The molecule has 4 heteroatoms. The van der Waals surface area contributed by atoms with Crippen LogP contribution in [0.4, 0.5) is 4.39 Å². The molecule has 0 atom stereocenters. The van der Waals surface area contributed by atoms with Crippen molar-refractivity contribution in [1.29, 1.82) is 0 Å². The van der Waals surface area contributed by atoms with Crippen LogP contribution in [-0.4, -0.2) is 54.1 Å². The Hall–Kier alpha value is -0.640. The first kappa shape index (κ1) is 12.4. The van der Waals surface area contributed by atoms with E-state index in [-0.39, 0.29) is 11.3 Å². The maximum absolute atomic E-state index is 13.7. The summed E-state index contributed by atoms with van der Waals surface area (Å²) in [4.78, 5) is 16.1. The monoisotopic (exact) mass is 254 g/mol. The Bertz CT molecular complexity index is 359. The third-order valence-corrected chi connectivity index (χ3v) is 4.55. The highest BCUT2D eigenvalue weighted by molar-refractivity contribution is 5.88. The average molecular weight is 254 g/mol. The first-order chi connectivity index (χ1) is 8.42. The lowest BCUT2D eigenvalue weighted by molar-refractivity contribution is -0.150. The van der Waals surface area contributed by atoms with Gasteiger partial charge in [0, 0.05) is 31.6 Å². The largest absolute Gasteiger partial charge is 0.339 e. The summed E-state index contributed by atoms with van der Waals surface area (Å²) in [5, 5.41) is 0. The fraction of sp³-hybridized carbons (Fsp3) is 0.929. The Labute approximate surface area is 108 Å². The zero-order chi connectivity index (χ0) is 13.0. The number of alkyl halides is 1. The van der Waals surface area contributed by atoms with Crippen LogP contribution in [0, 0.1) is 11.3 Å². The van der Waals surface area contributed by atoms with E-state index >= 15 is 0 Å².